The molecule has 3 aromatic rings. The van der Waals surface area contributed by atoms with Crippen LogP contribution >= 0.6 is 0 Å². The molecule has 0 spiro atoms. The van der Waals surface area contributed by atoms with Gasteiger partial charge < -0.3 is 15.2 Å². The quantitative estimate of drug-likeness (QED) is 0.724. The van der Waals surface area contributed by atoms with E-state index in [0.29, 0.717) is 22.6 Å². The van der Waals surface area contributed by atoms with Crippen LogP contribution < -0.4 is 5.73 Å². The Morgan fingerprint density at radius 3 is 2.86 bits per heavy atom. The minimum atomic E-state index is -1.01. The first kappa shape index (κ1) is 13.1. The maximum atomic E-state index is 13.9. The van der Waals surface area contributed by atoms with E-state index in [1.807, 2.05) is 0 Å². The molecule has 3 N–H and O–H groups in total. The van der Waals surface area contributed by atoms with E-state index in [0.717, 1.165) is 0 Å². The SMILES string of the molecule is Nc1cccc(-c2nc3c(F)cccn3c2CC(=O)O)c1. The number of nitrogen functional groups attached to an aromatic ring is 1. The van der Waals surface area contributed by atoms with Crippen LogP contribution in [0.4, 0.5) is 10.1 Å². The molecule has 0 radical (unpaired) electrons. The summed E-state index contributed by atoms with van der Waals surface area (Å²) in [5.41, 5.74) is 7.89. The van der Waals surface area contributed by atoms with E-state index in [9.17, 15) is 9.18 Å². The molecule has 1 aromatic carbocycles. The largest absolute Gasteiger partial charge is 0.481 e. The van der Waals surface area contributed by atoms with Gasteiger partial charge in [-0.3, -0.25) is 4.79 Å². The van der Waals surface area contributed by atoms with Crippen LogP contribution in [0.5, 0.6) is 0 Å². The Hall–Kier alpha value is -2.89. The fraction of sp³-hybridized carbons (Fsp3) is 0.0667. The summed E-state index contributed by atoms with van der Waals surface area (Å²) in [4.78, 5) is 15.3. The highest BCUT2D eigenvalue weighted by Crippen LogP contribution is 2.27. The number of nitrogens with zero attached hydrogens (tertiary/aromatic N) is 2. The van der Waals surface area contributed by atoms with Crippen LogP contribution in [0.1, 0.15) is 5.69 Å². The Morgan fingerprint density at radius 1 is 1.33 bits per heavy atom. The zero-order valence-corrected chi connectivity index (χ0v) is 11.0. The van der Waals surface area contributed by atoms with Crippen LogP contribution in [0.15, 0.2) is 42.6 Å². The summed E-state index contributed by atoms with van der Waals surface area (Å²) < 4.78 is 15.3. The van der Waals surface area contributed by atoms with Gasteiger partial charge in [0.05, 0.1) is 17.8 Å². The van der Waals surface area contributed by atoms with E-state index >= 15 is 0 Å². The highest BCUT2D eigenvalue weighted by molar-refractivity contribution is 5.77. The average molecular weight is 285 g/mol. The predicted octanol–water partition coefficient (Wildman–Crippen LogP) is 2.35. The first-order valence-corrected chi connectivity index (χ1v) is 6.29. The molecule has 0 fully saturated rings. The van der Waals surface area contributed by atoms with Gasteiger partial charge in [-0.1, -0.05) is 12.1 Å². The van der Waals surface area contributed by atoms with E-state index < -0.39 is 11.8 Å². The average Bonchev–Trinajstić information content (AvgIpc) is 2.79. The third-order valence-corrected chi connectivity index (χ3v) is 3.18. The summed E-state index contributed by atoms with van der Waals surface area (Å²) in [6.45, 7) is 0. The number of pyridine rings is 1. The van der Waals surface area contributed by atoms with Crippen molar-refractivity contribution in [2.24, 2.45) is 0 Å². The molecule has 2 aromatic heterocycles. The second-order valence-corrected chi connectivity index (χ2v) is 4.65. The van der Waals surface area contributed by atoms with Crippen LogP contribution in [-0.4, -0.2) is 20.5 Å². The van der Waals surface area contributed by atoms with E-state index in [1.54, 1.807) is 30.5 Å². The Morgan fingerprint density at radius 2 is 2.14 bits per heavy atom. The van der Waals surface area contributed by atoms with E-state index in [4.69, 9.17) is 10.8 Å². The molecule has 0 unspecified atom stereocenters. The Kier molecular flexibility index (Phi) is 3.06. The van der Waals surface area contributed by atoms with Crippen molar-refractivity contribution in [1.29, 1.82) is 0 Å². The van der Waals surface area contributed by atoms with Crippen LogP contribution in [0.3, 0.4) is 0 Å². The lowest BCUT2D eigenvalue weighted by Crippen LogP contribution is -2.05. The number of aliphatic carboxylic acids is 1. The fourth-order valence-electron chi connectivity index (χ4n) is 2.31. The number of nitrogens with two attached hydrogens (primary N) is 1. The van der Waals surface area contributed by atoms with Crippen molar-refractivity contribution in [3.8, 4) is 11.3 Å². The summed E-state index contributed by atoms with van der Waals surface area (Å²) in [6.07, 6.45) is 1.34. The molecule has 0 aliphatic heterocycles. The fourth-order valence-corrected chi connectivity index (χ4v) is 2.31. The number of carboxylic acids is 1. The van der Waals surface area contributed by atoms with Gasteiger partial charge in [-0.05, 0) is 24.3 Å². The van der Waals surface area contributed by atoms with Gasteiger partial charge in [0.25, 0.3) is 0 Å². The lowest BCUT2D eigenvalue weighted by Gasteiger charge is -2.03. The Bertz CT molecular complexity index is 842. The van der Waals surface area contributed by atoms with E-state index in [1.165, 1.54) is 16.5 Å². The lowest BCUT2D eigenvalue weighted by atomic mass is 10.1. The van der Waals surface area contributed by atoms with E-state index in [2.05, 4.69) is 4.98 Å². The number of imidazole rings is 1. The monoisotopic (exact) mass is 285 g/mol. The van der Waals surface area contributed by atoms with Gasteiger partial charge in [0.1, 0.15) is 0 Å². The third-order valence-electron chi connectivity index (χ3n) is 3.18. The Balaban J connectivity index is 2.30. The lowest BCUT2D eigenvalue weighted by molar-refractivity contribution is -0.136. The van der Waals surface area contributed by atoms with Gasteiger partial charge in [-0.25, -0.2) is 9.37 Å². The summed E-state index contributed by atoms with van der Waals surface area (Å²) >= 11 is 0. The number of anilines is 1. The summed E-state index contributed by atoms with van der Waals surface area (Å²) in [6, 6.07) is 9.72. The number of hydrogen-bond donors (Lipinski definition) is 2. The van der Waals surface area contributed by atoms with Crippen molar-refractivity contribution in [2.75, 3.05) is 5.73 Å². The maximum absolute atomic E-state index is 13.9. The number of benzene rings is 1. The number of aromatic nitrogens is 2. The van der Waals surface area contributed by atoms with Gasteiger partial charge in [-0.2, -0.15) is 0 Å². The molecule has 0 aliphatic carbocycles. The highest BCUT2D eigenvalue weighted by Gasteiger charge is 2.18. The third kappa shape index (κ3) is 2.31. The minimum absolute atomic E-state index is 0.103. The van der Waals surface area contributed by atoms with Crippen LogP contribution in [0.25, 0.3) is 16.9 Å². The molecule has 0 bridgehead atoms. The van der Waals surface area contributed by atoms with Gasteiger partial charge in [0.15, 0.2) is 11.5 Å². The zero-order valence-electron chi connectivity index (χ0n) is 11.0. The number of carbonyl (C=O) groups is 1. The minimum Gasteiger partial charge on any atom is -0.481 e. The summed E-state index contributed by atoms with van der Waals surface area (Å²) in [7, 11) is 0. The number of halogens is 1. The molecular formula is C15H12FN3O2. The molecule has 0 atom stereocenters. The van der Waals surface area contributed by atoms with Crippen LogP contribution in [0.2, 0.25) is 0 Å². The predicted molar refractivity (Wildman–Crippen MR) is 76.3 cm³/mol. The normalized spacial score (nSPS) is 10.9. The topological polar surface area (TPSA) is 80.6 Å². The first-order valence-electron chi connectivity index (χ1n) is 6.29. The van der Waals surface area contributed by atoms with Gasteiger partial charge >= 0.3 is 5.97 Å². The number of carboxylic acid groups (broad SMARTS) is 1. The molecule has 5 nitrogen and oxygen atoms in total. The molecular weight excluding hydrogens is 273 g/mol. The van der Waals surface area contributed by atoms with Crippen molar-refractivity contribution in [1.82, 2.24) is 9.38 Å². The van der Waals surface area contributed by atoms with Gasteiger partial charge in [-0.15, -0.1) is 0 Å². The van der Waals surface area contributed by atoms with Crippen molar-refractivity contribution < 1.29 is 14.3 Å². The molecule has 0 saturated carbocycles. The van der Waals surface area contributed by atoms with Crippen molar-refractivity contribution in [3.05, 3.63) is 54.1 Å². The standard InChI is InChI=1S/C15H12FN3O2/c16-11-5-2-6-19-12(8-13(20)21)14(18-15(11)19)9-3-1-4-10(17)7-9/h1-7H,8,17H2,(H,20,21). The zero-order chi connectivity index (χ0) is 15.0. The second-order valence-electron chi connectivity index (χ2n) is 4.65. The number of rotatable bonds is 3. The van der Waals surface area contributed by atoms with Crippen molar-refractivity contribution >= 4 is 17.3 Å². The second kappa shape index (κ2) is 4.90. The van der Waals surface area contributed by atoms with Gasteiger partial charge in [0, 0.05) is 17.4 Å². The highest BCUT2D eigenvalue weighted by atomic mass is 19.1. The van der Waals surface area contributed by atoms with Crippen molar-refractivity contribution in [2.45, 2.75) is 6.42 Å². The molecule has 21 heavy (non-hydrogen) atoms. The molecule has 106 valence electrons. The molecule has 6 heteroatoms. The molecule has 2 heterocycles. The summed E-state index contributed by atoms with van der Waals surface area (Å²) in [5.74, 6) is -1.51. The molecule has 0 aliphatic rings. The van der Waals surface area contributed by atoms with Gasteiger partial charge in [0.2, 0.25) is 0 Å². The molecule has 3 rings (SSSR count). The molecule has 0 saturated heterocycles. The van der Waals surface area contributed by atoms with Crippen LogP contribution in [-0.2, 0) is 11.2 Å². The number of hydrogen-bond acceptors (Lipinski definition) is 3. The smallest absolute Gasteiger partial charge is 0.309 e. The first-order chi connectivity index (χ1) is 10.1. The summed E-state index contributed by atoms with van der Waals surface area (Å²) in [5, 5.41) is 9.08. The van der Waals surface area contributed by atoms with E-state index in [-0.39, 0.29) is 12.1 Å². The van der Waals surface area contributed by atoms with Crippen molar-refractivity contribution in [3.63, 3.8) is 0 Å². The number of fused-ring (bicyclic) bond motifs is 1. The maximum Gasteiger partial charge on any atom is 0.309 e. The van der Waals surface area contributed by atoms with Crippen LogP contribution in [0, 0.1) is 5.82 Å². The Labute approximate surface area is 119 Å². The molecule has 0 amide bonds.